The zero-order chi connectivity index (χ0) is 64.3. The molecule has 0 N–H and O–H groups in total. The van der Waals surface area contributed by atoms with Crippen LogP contribution < -0.4 is 62.0 Å². The SMILES string of the molecule is CC(C)(C)c1cc2c3c(c1)N(c1ccccc1)c1cc4c(cc1B3c1ccccc1N2c1ccccc1)C1(c2ccccc2-c2ccccc21)c1cc2c(cc1N4c1ccccc1)N(c1ccccc1)c1cc(N(c3ccccc3)c3ccccc3)cc3c1B2c1ccccc1O3. The Morgan fingerprint density at radius 3 is 1.18 bits per heavy atom. The summed E-state index contributed by atoms with van der Waals surface area (Å²) in [5.74, 6) is 1.69. The molecule has 0 saturated carbocycles. The van der Waals surface area contributed by atoms with Crippen molar-refractivity contribution >= 4 is 132 Å². The molecule has 0 bridgehead atoms. The standard InChI is InChI=1S/C89H63B2N5O/c1-88(2,3)58-50-81-86-82(51-58)95(63-38-18-8-19-39-63)79-56-77-70(54-74(79)90(86)72-46-26-28-48-76(72)93(81)61-34-14-6-15-35-61)89(68-44-24-22-42-66(68)67-43-23-25-45-69(67)89)71-55-75-80(57-78(71)94(77)62-36-16-7-17-37-62)96(64-40-20-9-21-41-64)83-52-65(53-85-87(83)91(75)73-47-27-29-49-84(73)97-85)92(59-30-10-4-11-31-59)60-32-12-5-13-33-60/h4-57H,1-3H3. The maximum atomic E-state index is 7.37. The normalized spacial score (nSPS) is 14.2. The van der Waals surface area contributed by atoms with Gasteiger partial charge in [0.15, 0.2) is 0 Å². The van der Waals surface area contributed by atoms with Gasteiger partial charge in [-0.2, -0.15) is 0 Å². The molecule has 20 rings (SSSR count). The van der Waals surface area contributed by atoms with E-state index in [1.807, 2.05) is 0 Å². The number of anilines is 15. The number of nitrogens with zero attached hydrogens (tertiary/aromatic N) is 5. The van der Waals surface area contributed by atoms with Crippen molar-refractivity contribution in [1.82, 2.24) is 0 Å². The summed E-state index contributed by atoms with van der Waals surface area (Å²) in [6.07, 6.45) is 0. The first-order chi connectivity index (χ1) is 47.8. The molecule has 6 aliphatic rings. The molecular formula is C89H63B2N5O. The lowest BCUT2D eigenvalue weighted by Gasteiger charge is -2.49. The van der Waals surface area contributed by atoms with Crippen LogP contribution in [0.2, 0.25) is 0 Å². The third-order valence-electron chi connectivity index (χ3n) is 21.3. The Morgan fingerprint density at radius 1 is 0.289 bits per heavy atom. The van der Waals surface area contributed by atoms with Crippen molar-refractivity contribution in [3.05, 3.63) is 355 Å². The number of ether oxygens (including phenoxy) is 1. The molecule has 6 nitrogen and oxygen atoms in total. The first kappa shape index (κ1) is 55.5. The number of para-hydroxylation sites is 8. The maximum Gasteiger partial charge on any atom is 0.256 e. The largest absolute Gasteiger partial charge is 0.458 e. The van der Waals surface area contributed by atoms with Crippen LogP contribution in [0.1, 0.15) is 48.6 Å². The van der Waals surface area contributed by atoms with Gasteiger partial charge in [-0.25, -0.2) is 0 Å². The van der Waals surface area contributed by atoms with Crippen LogP contribution in [-0.4, -0.2) is 13.4 Å². The smallest absolute Gasteiger partial charge is 0.256 e. The van der Waals surface area contributed by atoms with E-state index in [-0.39, 0.29) is 18.8 Å². The van der Waals surface area contributed by atoms with Gasteiger partial charge in [-0.05, 0) is 192 Å². The zero-order valence-electron chi connectivity index (χ0n) is 54.0. The van der Waals surface area contributed by atoms with Gasteiger partial charge < -0.3 is 29.2 Å². The van der Waals surface area contributed by atoms with Gasteiger partial charge in [0.2, 0.25) is 0 Å². The van der Waals surface area contributed by atoms with E-state index >= 15 is 0 Å². The minimum atomic E-state index is -0.838. The monoisotopic (exact) mass is 1240 g/mol. The Kier molecular flexibility index (Phi) is 12.0. The summed E-state index contributed by atoms with van der Waals surface area (Å²) in [6.45, 7) is 6.70. The Morgan fingerprint density at radius 2 is 0.680 bits per heavy atom. The second kappa shape index (κ2) is 21.0. The topological polar surface area (TPSA) is 25.4 Å². The van der Waals surface area contributed by atoms with Crippen molar-refractivity contribution in [2.75, 3.05) is 24.5 Å². The van der Waals surface area contributed by atoms with Gasteiger partial charge in [-0.1, -0.05) is 227 Å². The van der Waals surface area contributed by atoms with Crippen LogP contribution >= 0.6 is 0 Å². The van der Waals surface area contributed by atoms with E-state index in [0.29, 0.717) is 0 Å². The molecule has 0 unspecified atom stereocenters. The minimum absolute atomic E-state index is 0.146. The molecule has 0 saturated heterocycles. The average Bonchev–Trinajstić information content (AvgIpc) is 1.66. The molecule has 14 aromatic rings. The number of rotatable bonds is 7. The minimum Gasteiger partial charge on any atom is -0.458 e. The number of fused-ring (bicyclic) bond motifs is 17. The lowest BCUT2D eigenvalue weighted by atomic mass is 9.33. The van der Waals surface area contributed by atoms with E-state index in [1.165, 1.54) is 77.9 Å². The summed E-state index contributed by atoms with van der Waals surface area (Å²) >= 11 is 0. The van der Waals surface area contributed by atoms with Gasteiger partial charge >= 0.3 is 0 Å². The fourth-order valence-electron chi connectivity index (χ4n) is 17.3. The molecule has 456 valence electrons. The lowest BCUT2D eigenvalue weighted by molar-refractivity contribution is 0.487. The maximum absolute atomic E-state index is 7.37. The van der Waals surface area contributed by atoms with E-state index < -0.39 is 5.41 Å². The fraction of sp³-hybridized carbons (Fsp3) is 0.0562. The average molecular weight is 1240 g/mol. The van der Waals surface area contributed by atoms with Gasteiger partial charge in [0.25, 0.3) is 13.4 Å². The van der Waals surface area contributed by atoms with Crippen molar-refractivity contribution in [2.24, 2.45) is 0 Å². The predicted molar refractivity (Wildman–Crippen MR) is 405 cm³/mol. The molecule has 8 heteroatoms. The third kappa shape index (κ3) is 7.98. The van der Waals surface area contributed by atoms with Crippen LogP contribution in [0, 0.1) is 0 Å². The van der Waals surface area contributed by atoms with Crippen LogP contribution in [0.4, 0.5) is 85.3 Å². The van der Waals surface area contributed by atoms with Crippen molar-refractivity contribution in [1.29, 1.82) is 0 Å². The van der Waals surface area contributed by atoms with Crippen LogP contribution in [-0.2, 0) is 10.8 Å². The molecule has 0 amide bonds. The van der Waals surface area contributed by atoms with Crippen molar-refractivity contribution in [2.45, 2.75) is 31.6 Å². The molecule has 14 aromatic carbocycles. The fourth-order valence-corrected chi connectivity index (χ4v) is 17.3. The van der Waals surface area contributed by atoms with E-state index in [2.05, 4.69) is 373 Å². The Labute approximate surface area is 567 Å². The second-order valence-electron chi connectivity index (χ2n) is 27.5. The highest BCUT2D eigenvalue weighted by Crippen LogP contribution is 2.65. The molecule has 0 fully saturated rings. The van der Waals surface area contributed by atoms with E-state index in [4.69, 9.17) is 4.74 Å². The molecule has 0 radical (unpaired) electrons. The molecule has 0 aromatic heterocycles. The van der Waals surface area contributed by atoms with E-state index in [9.17, 15) is 0 Å². The van der Waals surface area contributed by atoms with Crippen molar-refractivity contribution in [3.8, 4) is 22.6 Å². The highest BCUT2D eigenvalue weighted by Gasteiger charge is 2.56. The summed E-state index contributed by atoms with van der Waals surface area (Å²) in [5.41, 5.74) is 31.7. The molecular weight excluding hydrogens is 1180 g/mol. The van der Waals surface area contributed by atoms with Gasteiger partial charge in [-0.3, -0.25) is 0 Å². The number of benzene rings is 14. The first-order valence-electron chi connectivity index (χ1n) is 33.9. The second-order valence-corrected chi connectivity index (χ2v) is 27.5. The summed E-state index contributed by atoms with van der Waals surface area (Å²) in [6, 6.07) is 123. The summed E-state index contributed by atoms with van der Waals surface area (Å²) in [5, 5.41) is 0. The van der Waals surface area contributed by atoms with Gasteiger partial charge in [-0.15, -0.1) is 0 Å². The van der Waals surface area contributed by atoms with Crippen LogP contribution in [0.5, 0.6) is 11.5 Å². The van der Waals surface area contributed by atoms with Crippen LogP contribution in [0.25, 0.3) is 11.1 Å². The molecule has 5 aliphatic heterocycles. The molecule has 5 heterocycles. The Balaban J connectivity index is 0.928. The summed E-state index contributed by atoms with van der Waals surface area (Å²) < 4.78 is 7.37. The highest BCUT2D eigenvalue weighted by atomic mass is 16.5. The molecule has 1 aliphatic carbocycles. The highest BCUT2D eigenvalue weighted by molar-refractivity contribution is 7.01. The lowest BCUT2D eigenvalue weighted by Crippen LogP contribution is -2.62. The van der Waals surface area contributed by atoms with Crippen molar-refractivity contribution < 1.29 is 4.74 Å². The Bertz CT molecular complexity index is 5450. The van der Waals surface area contributed by atoms with Crippen LogP contribution in [0.15, 0.2) is 328 Å². The van der Waals surface area contributed by atoms with E-state index in [1.54, 1.807) is 0 Å². The van der Waals surface area contributed by atoms with Gasteiger partial charge in [0, 0.05) is 74.3 Å². The number of hydrogen-bond acceptors (Lipinski definition) is 6. The molecule has 97 heavy (non-hydrogen) atoms. The van der Waals surface area contributed by atoms with Crippen LogP contribution in [0.3, 0.4) is 0 Å². The van der Waals surface area contributed by atoms with Gasteiger partial charge in [0.05, 0.1) is 22.5 Å². The Hall–Kier alpha value is -12.0. The zero-order valence-corrected chi connectivity index (χ0v) is 54.0. The quantitative estimate of drug-likeness (QED) is 0.148. The van der Waals surface area contributed by atoms with E-state index in [0.717, 1.165) is 90.7 Å². The first-order valence-corrected chi connectivity index (χ1v) is 33.9. The predicted octanol–water partition coefficient (Wildman–Crippen LogP) is 19.1. The molecule has 1 spiro atoms. The third-order valence-corrected chi connectivity index (χ3v) is 21.3. The van der Waals surface area contributed by atoms with Crippen molar-refractivity contribution in [3.63, 3.8) is 0 Å². The number of hydrogen-bond donors (Lipinski definition) is 0. The summed E-state index contributed by atoms with van der Waals surface area (Å²) in [4.78, 5) is 12.7. The summed E-state index contributed by atoms with van der Waals surface area (Å²) in [7, 11) is 0. The van der Waals surface area contributed by atoms with Gasteiger partial charge in [0.1, 0.15) is 11.5 Å². The molecule has 0 atom stereocenters.